The number of ether oxygens (including phenoxy) is 1. The minimum atomic E-state index is -0.790. The van der Waals surface area contributed by atoms with Crippen molar-refractivity contribution in [1.82, 2.24) is 10.2 Å². The van der Waals surface area contributed by atoms with Crippen molar-refractivity contribution in [1.29, 1.82) is 0 Å². The number of nitrogens with one attached hydrogen (secondary N) is 1. The van der Waals surface area contributed by atoms with E-state index in [0.717, 1.165) is 15.6 Å². The van der Waals surface area contributed by atoms with Gasteiger partial charge in [-0.05, 0) is 77.9 Å². The van der Waals surface area contributed by atoms with Crippen LogP contribution < -0.4 is 10.1 Å². The van der Waals surface area contributed by atoms with Crippen LogP contribution in [0.4, 0.5) is 0 Å². The molecule has 0 aromatic heterocycles. The third kappa shape index (κ3) is 8.11. The van der Waals surface area contributed by atoms with Crippen molar-refractivity contribution in [3.63, 3.8) is 0 Å². The number of nitrogens with zero attached hydrogens (tertiary/aromatic N) is 1. The fourth-order valence-corrected chi connectivity index (χ4v) is 4.48. The van der Waals surface area contributed by atoms with E-state index in [0.29, 0.717) is 27.8 Å². The molecule has 0 aliphatic carbocycles. The summed E-state index contributed by atoms with van der Waals surface area (Å²) in [7, 11) is 0. The molecule has 0 unspecified atom stereocenters. The number of rotatable bonds is 11. The van der Waals surface area contributed by atoms with E-state index in [9.17, 15) is 9.59 Å². The van der Waals surface area contributed by atoms with Crippen LogP contribution in [0, 0.1) is 3.57 Å². The van der Waals surface area contributed by atoms with Gasteiger partial charge < -0.3 is 15.0 Å². The molecular weight excluding hydrogens is 610 g/mol. The molecule has 0 spiro atoms. The molecule has 0 bridgehead atoms. The Morgan fingerprint density at radius 3 is 2.22 bits per heavy atom. The standard InChI is InChI=1S/C28H29Cl2IN2O3/c1-3-19(2)32-28(35)26(16-20-8-5-4-6-9-20)33(17-23-24(29)10-7-11-25(23)30)27(34)18-36-22-14-12-21(31)13-15-22/h4-15,19,26H,3,16-18H2,1-2H3,(H,32,35)/t19-,26+/m0/s1. The molecule has 0 saturated carbocycles. The van der Waals surface area contributed by atoms with E-state index in [1.54, 1.807) is 30.3 Å². The number of hydrogen-bond donors (Lipinski definition) is 1. The number of carbonyl (C=O) groups excluding carboxylic acids is 2. The summed E-state index contributed by atoms with van der Waals surface area (Å²) >= 11 is 15.1. The minimum Gasteiger partial charge on any atom is -0.484 e. The van der Waals surface area contributed by atoms with Crippen molar-refractivity contribution >= 4 is 57.6 Å². The van der Waals surface area contributed by atoms with Crippen molar-refractivity contribution in [2.24, 2.45) is 0 Å². The summed E-state index contributed by atoms with van der Waals surface area (Å²) in [6.07, 6.45) is 1.10. The van der Waals surface area contributed by atoms with Crippen LogP contribution in [0.2, 0.25) is 10.0 Å². The van der Waals surface area contributed by atoms with Gasteiger partial charge in [0, 0.05) is 38.2 Å². The van der Waals surface area contributed by atoms with Gasteiger partial charge in [0.15, 0.2) is 6.61 Å². The molecule has 2 atom stereocenters. The van der Waals surface area contributed by atoms with Crippen LogP contribution in [-0.4, -0.2) is 35.4 Å². The van der Waals surface area contributed by atoms with E-state index in [1.807, 2.05) is 56.3 Å². The van der Waals surface area contributed by atoms with Gasteiger partial charge >= 0.3 is 0 Å². The zero-order valence-electron chi connectivity index (χ0n) is 20.2. The third-order valence-electron chi connectivity index (χ3n) is 5.84. The van der Waals surface area contributed by atoms with Gasteiger partial charge in [0.1, 0.15) is 11.8 Å². The number of hydrogen-bond acceptors (Lipinski definition) is 3. The lowest BCUT2D eigenvalue weighted by Crippen LogP contribution is -2.53. The molecule has 0 heterocycles. The van der Waals surface area contributed by atoms with Gasteiger partial charge in [-0.25, -0.2) is 0 Å². The lowest BCUT2D eigenvalue weighted by molar-refractivity contribution is -0.143. The lowest BCUT2D eigenvalue weighted by Gasteiger charge is -2.32. The maximum absolute atomic E-state index is 13.6. The maximum Gasteiger partial charge on any atom is 0.261 e. The van der Waals surface area contributed by atoms with Gasteiger partial charge in [0.2, 0.25) is 5.91 Å². The summed E-state index contributed by atoms with van der Waals surface area (Å²) in [5, 5.41) is 3.90. The Balaban J connectivity index is 1.95. The Kier molecular flexibility index (Phi) is 10.9. The molecule has 0 aliphatic rings. The summed E-state index contributed by atoms with van der Waals surface area (Å²) in [6, 6.07) is 21.4. The van der Waals surface area contributed by atoms with Gasteiger partial charge in [-0.3, -0.25) is 9.59 Å². The van der Waals surface area contributed by atoms with Crippen molar-refractivity contribution in [2.75, 3.05) is 6.61 Å². The van der Waals surface area contributed by atoms with Gasteiger partial charge in [-0.1, -0.05) is 66.5 Å². The lowest BCUT2D eigenvalue weighted by atomic mass is 10.0. The molecule has 0 radical (unpaired) electrons. The van der Waals surface area contributed by atoms with Gasteiger partial charge in [0.25, 0.3) is 5.91 Å². The molecule has 0 fully saturated rings. The summed E-state index contributed by atoms with van der Waals surface area (Å²) in [5.74, 6) is -0.00748. The fourth-order valence-electron chi connectivity index (χ4n) is 3.61. The smallest absolute Gasteiger partial charge is 0.261 e. The van der Waals surface area contributed by atoms with E-state index in [4.69, 9.17) is 27.9 Å². The first-order valence-corrected chi connectivity index (χ1v) is 13.6. The number of benzene rings is 3. The van der Waals surface area contributed by atoms with Crippen LogP contribution >= 0.6 is 45.8 Å². The first kappa shape index (κ1) is 28.3. The average molecular weight is 639 g/mol. The predicted octanol–water partition coefficient (Wildman–Crippen LogP) is 6.53. The molecule has 3 aromatic carbocycles. The second kappa shape index (κ2) is 13.9. The van der Waals surface area contributed by atoms with Crippen LogP contribution in [-0.2, 0) is 22.6 Å². The van der Waals surface area contributed by atoms with Crippen LogP contribution in [0.5, 0.6) is 5.75 Å². The van der Waals surface area contributed by atoms with E-state index in [-0.39, 0.29) is 31.0 Å². The van der Waals surface area contributed by atoms with Gasteiger partial charge in [-0.15, -0.1) is 0 Å². The van der Waals surface area contributed by atoms with Crippen LogP contribution in [0.25, 0.3) is 0 Å². The first-order valence-electron chi connectivity index (χ1n) is 11.7. The molecule has 36 heavy (non-hydrogen) atoms. The average Bonchev–Trinajstić information content (AvgIpc) is 2.87. The third-order valence-corrected chi connectivity index (χ3v) is 7.27. The Labute approximate surface area is 236 Å². The Morgan fingerprint density at radius 1 is 0.972 bits per heavy atom. The van der Waals surface area contributed by atoms with Crippen LogP contribution in [0.3, 0.4) is 0 Å². The Morgan fingerprint density at radius 2 is 1.61 bits per heavy atom. The topological polar surface area (TPSA) is 58.6 Å². The molecule has 1 N–H and O–H groups in total. The number of halogens is 3. The molecule has 8 heteroatoms. The predicted molar refractivity (Wildman–Crippen MR) is 153 cm³/mol. The molecule has 3 rings (SSSR count). The second-order valence-corrected chi connectivity index (χ2v) is 10.5. The normalized spacial score (nSPS) is 12.5. The van der Waals surface area contributed by atoms with Gasteiger partial charge in [-0.2, -0.15) is 0 Å². The second-order valence-electron chi connectivity index (χ2n) is 8.49. The zero-order chi connectivity index (χ0) is 26.1. The molecule has 0 aliphatic heterocycles. The summed E-state index contributed by atoms with van der Waals surface area (Å²) in [5.41, 5.74) is 1.52. The summed E-state index contributed by atoms with van der Waals surface area (Å²) in [4.78, 5) is 28.7. The number of amides is 2. The van der Waals surface area contributed by atoms with Gasteiger partial charge in [0.05, 0.1) is 0 Å². The maximum atomic E-state index is 13.6. The van der Waals surface area contributed by atoms with Crippen molar-refractivity contribution in [3.05, 3.63) is 97.5 Å². The van der Waals surface area contributed by atoms with E-state index in [1.165, 1.54) is 4.90 Å². The highest BCUT2D eigenvalue weighted by atomic mass is 127. The molecular formula is C28H29Cl2IN2O3. The SMILES string of the molecule is CC[C@H](C)NC(=O)[C@@H](Cc1ccccc1)N(Cc1c(Cl)cccc1Cl)C(=O)COc1ccc(I)cc1. The highest BCUT2D eigenvalue weighted by Crippen LogP contribution is 2.27. The fraction of sp³-hybridized carbons (Fsp3) is 0.286. The minimum absolute atomic E-state index is 0.0420. The molecule has 5 nitrogen and oxygen atoms in total. The first-order chi connectivity index (χ1) is 17.3. The molecule has 2 amide bonds. The van der Waals surface area contributed by atoms with E-state index < -0.39 is 6.04 Å². The molecule has 0 saturated heterocycles. The van der Waals surface area contributed by atoms with Crippen LogP contribution in [0.1, 0.15) is 31.4 Å². The highest BCUT2D eigenvalue weighted by Gasteiger charge is 2.32. The summed E-state index contributed by atoms with van der Waals surface area (Å²) < 4.78 is 6.85. The van der Waals surface area contributed by atoms with Crippen molar-refractivity contribution in [3.8, 4) is 5.75 Å². The summed E-state index contributed by atoms with van der Waals surface area (Å²) in [6.45, 7) is 3.77. The molecule has 190 valence electrons. The molecule has 3 aromatic rings. The van der Waals surface area contributed by atoms with Crippen LogP contribution in [0.15, 0.2) is 72.8 Å². The van der Waals surface area contributed by atoms with Crippen molar-refractivity contribution < 1.29 is 14.3 Å². The quantitative estimate of drug-likeness (QED) is 0.243. The monoisotopic (exact) mass is 638 g/mol. The Hall–Kier alpha value is -2.29. The van der Waals surface area contributed by atoms with Crippen molar-refractivity contribution in [2.45, 2.75) is 45.3 Å². The zero-order valence-corrected chi connectivity index (χ0v) is 23.9. The Bertz CT molecular complexity index is 1140. The van der Waals surface area contributed by atoms with E-state index >= 15 is 0 Å². The van der Waals surface area contributed by atoms with E-state index in [2.05, 4.69) is 27.9 Å². The number of carbonyl (C=O) groups is 2. The highest BCUT2D eigenvalue weighted by molar-refractivity contribution is 14.1. The largest absolute Gasteiger partial charge is 0.484 e.